The number of guanidine groups is 1. The first-order valence-corrected chi connectivity index (χ1v) is 9.14. The van der Waals surface area contributed by atoms with Crippen molar-refractivity contribution < 1.29 is 9.47 Å². The van der Waals surface area contributed by atoms with Gasteiger partial charge in [0.2, 0.25) is 0 Å². The molecule has 1 aliphatic rings. The largest absolute Gasteiger partial charge is 0.377 e. The minimum Gasteiger partial charge on any atom is -0.377 e. The number of unbranched alkanes of at least 4 members (excludes halogenated alkanes) is 1. The van der Waals surface area contributed by atoms with Crippen LogP contribution >= 0.6 is 0 Å². The molecule has 2 N–H and O–H groups in total. The molecule has 0 radical (unpaired) electrons. The highest BCUT2D eigenvalue weighted by atomic mass is 16.5. The molecule has 1 heterocycles. The number of ether oxygens (including phenoxy) is 2. The third-order valence-electron chi connectivity index (χ3n) is 3.94. The number of hydrogen-bond acceptors (Lipinski definition) is 3. The van der Waals surface area contributed by atoms with Gasteiger partial charge in [-0.1, -0.05) is 30.3 Å². The molecule has 0 bridgehead atoms. The highest BCUT2D eigenvalue weighted by Crippen LogP contribution is 2.11. The molecule has 0 aromatic heterocycles. The molecule has 0 amide bonds. The smallest absolute Gasteiger partial charge is 0.191 e. The van der Waals surface area contributed by atoms with E-state index in [2.05, 4.69) is 34.7 Å². The third-order valence-corrected chi connectivity index (χ3v) is 3.94. The van der Waals surface area contributed by atoms with Gasteiger partial charge in [-0.15, -0.1) is 0 Å². The summed E-state index contributed by atoms with van der Waals surface area (Å²) in [5, 5.41) is 6.66. The zero-order valence-corrected chi connectivity index (χ0v) is 14.8. The van der Waals surface area contributed by atoms with Crippen molar-refractivity contribution in [3.63, 3.8) is 0 Å². The fourth-order valence-electron chi connectivity index (χ4n) is 2.62. The first-order chi connectivity index (χ1) is 11.9. The van der Waals surface area contributed by atoms with E-state index in [0.29, 0.717) is 12.7 Å². The van der Waals surface area contributed by atoms with E-state index >= 15 is 0 Å². The molecular weight excluding hydrogens is 302 g/mol. The number of aliphatic imine (C=N–C) groups is 1. The van der Waals surface area contributed by atoms with Gasteiger partial charge in [0.05, 0.1) is 19.3 Å². The van der Waals surface area contributed by atoms with E-state index in [1.54, 1.807) is 0 Å². The van der Waals surface area contributed by atoms with E-state index in [0.717, 1.165) is 64.5 Å². The molecule has 0 spiro atoms. The van der Waals surface area contributed by atoms with Crippen LogP contribution < -0.4 is 10.6 Å². The average Bonchev–Trinajstić information content (AvgIpc) is 3.13. The summed E-state index contributed by atoms with van der Waals surface area (Å²) in [4.78, 5) is 4.61. The van der Waals surface area contributed by atoms with Crippen LogP contribution in [0.25, 0.3) is 0 Å². The second kappa shape index (κ2) is 11.9. The zero-order valence-electron chi connectivity index (χ0n) is 14.8. The summed E-state index contributed by atoms with van der Waals surface area (Å²) in [7, 11) is 0. The maximum Gasteiger partial charge on any atom is 0.191 e. The zero-order chi connectivity index (χ0) is 16.9. The molecule has 1 fully saturated rings. The molecule has 2 rings (SSSR count). The molecule has 5 nitrogen and oxygen atoms in total. The van der Waals surface area contributed by atoms with Crippen molar-refractivity contribution in [2.24, 2.45) is 4.99 Å². The Labute approximate surface area is 145 Å². The number of nitrogens with one attached hydrogen (secondary N) is 2. The predicted molar refractivity (Wildman–Crippen MR) is 98.3 cm³/mol. The Hall–Kier alpha value is -1.59. The van der Waals surface area contributed by atoms with Gasteiger partial charge in [-0.05, 0) is 38.2 Å². The Morgan fingerprint density at radius 3 is 2.88 bits per heavy atom. The molecule has 24 heavy (non-hydrogen) atoms. The molecule has 1 aromatic rings. The second-order valence-electron chi connectivity index (χ2n) is 6.03. The van der Waals surface area contributed by atoms with Crippen LogP contribution in [-0.4, -0.2) is 44.9 Å². The SMILES string of the molecule is CCNC(=NCC1CCCO1)NCCCCOCc1ccccc1. The van der Waals surface area contributed by atoms with Gasteiger partial charge in [0, 0.05) is 26.3 Å². The Morgan fingerprint density at radius 1 is 1.25 bits per heavy atom. The van der Waals surface area contributed by atoms with Gasteiger partial charge in [-0.2, -0.15) is 0 Å². The number of rotatable bonds is 10. The van der Waals surface area contributed by atoms with E-state index in [-0.39, 0.29) is 0 Å². The van der Waals surface area contributed by atoms with Crippen molar-refractivity contribution in [2.45, 2.75) is 45.3 Å². The molecule has 1 atom stereocenters. The molecular formula is C19H31N3O2. The molecule has 1 aromatic carbocycles. The highest BCUT2D eigenvalue weighted by molar-refractivity contribution is 5.79. The van der Waals surface area contributed by atoms with E-state index in [9.17, 15) is 0 Å². The maximum atomic E-state index is 5.70. The molecule has 134 valence electrons. The normalized spacial score (nSPS) is 17.9. The van der Waals surface area contributed by atoms with E-state index in [4.69, 9.17) is 9.47 Å². The lowest BCUT2D eigenvalue weighted by Gasteiger charge is -2.13. The Bertz CT molecular complexity index is 459. The predicted octanol–water partition coefficient (Wildman–Crippen LogP) is 2.72. The molecule has 1 aliphatic heterocycles. The van der Waals surface area contributed by atoms with Crippen molar-refractivity contribution in [3.8, 4) is 0 Å². The van der Waals surface area contributed by atoms with Crippen LogP contribution in [0.15, 0.2) is 35.3 Å². The summed E-state index contributed by atoms with van der Waals surface area (Å²) in [5.41, 5.74) is 1.23. The Balaban J connectivity index is 1.52. The minimum absolute atomic E-state index is 0.298. The van der Waals surface area contributed by atoms with Crippen molar-refractivity contribution in [3.05, 3.63) is 35.9 Å². The van der Waals surface area contributed by atoms with Crippen molar-refractivity contribution >= 4 is 5.96 Å². The summed E-state index contributed by atoms with van der Waals surface area (Å²) in [6.45, 7) is 6.98. The van der Waals surface area contributed by atoms with Gasteiger partial charge in [0.25, 0.3) is 0 Å². The van der Waals surface area contributed by atoms with Crippen LogP contribution in [-0.2, 0) is 16.1 Å². The maximum absolute atomic E-state index is 5.70. The van der Waals surface area contributed by atoms with Crippen molar-refractivity contribution in [2.75, 3.05) is 32.8 Å². The van der Waals surface area contributed by atoms with Crippen molar-refractivity contribution in [1.29, 1.82) is 0 Å². The van der Waals surface area contributed by atoms with Gasteiger partial charge in [-0.3, -0.25) is 4.99 Å². The summed E-state index contributed by atoms with van der Waals surface area (Å²) >= 11 is 0. The van der Waals surface area contributed by atoms with Crippen LogP contribution in [0, 0.1) is 0 Å². The monoisotopic (exact) mass is 333 g/mol. The minimum atomic E-state index is 0.298. The Kier molecular flexibility index (Phi) is 9.27. The van der Waals surface area contributed by atoms with Gasteiger partial charge in [-0.25, -0.2) is 0 Å². The Morgan fingerprint density at radius 2 is 2.12 bits per heavy atom. The third kappa shape index (κ3) is 7.79. The van der Waals surface area contributed by atoms with Crippen LogP contribution in [0.2, 0.25) is 0 Å². The number of hydrogen-bond donors (Lipinski definition) is 2. The summed E-state index contributed by atoms with van der Waals surface area (Å²) < 4.78 is 11.3. The van der Waals surface area contributed by atoms with E-state index in [1.807, 2.05) is 18.2 Å². The summed E-state index contributed by atoms with van der Waals surface area (Å²) in [6, 6.07) is 10.3. The van der Waals surface area contributed by atoms with E-state index in [1.165, 1.54) is 5.56 Å². The highest BCUT2D eigenvalue weighted by Gasteiger charge is 2.14. The van der Waals surface area contributed by atoms with Crippen molar-refractivity contribution in [1.82, 2.24) is 10.6 Å². The lowest BCUT2D eigenvalue weighted by Crippen LogP contribution is -2.38. The van der Waals surface area contributed by atoms with Crippen LogP contribution in [0.1, 0.15) is 38.2 Å². The molecule has 5 heteroatoms. The van der Waals surface area contributed by atoms with Crippen LogP contribution in [0.3, 0.4) is 0 Å². The lowest BCUT2D eigenvalue weighted by atomic mass is 10.2. The van der Waals surface area contributed by atoms with Gasteiger partial charge in [0.15, 0.2) is 5.96 Å². The molecule has 1 saturated heterocycles. The van der Waals surface area contributed by atoms with Gasteiger partial charge in [0.1, 0.15) is 0 Å². The number of nitrogens with zero attached hydrogens (tertiary/aromatic N) is 1. The number of benzene rings is 1. The van der Waals surface area contributed by atoms with E-state index < -0.39 is 0 Å². The van der Waals surface area contributed by atoms with Crippen LogP contribution in [0.5, 0.6) is 0 Å². The first kappa shape index (κ1) is 18.7. The summed E-state index contributed by atoms with van der Waals surface area (Å²) in [5.74, 6) is 0.887. The van der Waals surface area contributed by atoms with Crippen LogP contribution in [0.4, 0.5) is 0 Å². The quantitative estimate of drug-likeness (QED) is 0.393. The topological polar surface area (TPSA) is 54.9 Å². The standard InChI is InChI=1S/C19H31N3O2/c1-2-20-19(22-15-18-11-8-14-24-18)21-12-6-7-13-23-16-17-9-4-3-5-10-17/h3-5,9-10,18H,2,6-8,11-16H2,1H3,(H2,20,21,22). The average molecular weight is 333 g/mol. The fourth-order valence-corrected chi connectivity index (χ4v) is 2.62. The molecule has 0 aliphatic carbocycles. The van der Waals surface area contributed by atoms with Gasteiger partial charge < -0.3 is 20.1 Å². The lowest BCUT2D eigenvalue weighted by molar-refractivity contribution is 0.117. The van der Waals surface area contributed by atoms with Gasteiger partial charge >= 0.3 is 0 Å². The summed E-state index contributed by atoms with van der Waals surface area (Å²) in [6.07, 6.45) is 4.70. The first-order valence-electron chi connectivity index (χ1n) is 9.14. The molecule has 0 saturated carbocycles. The molecule has 1 unspecified atom stereocenters. The fraction of sp³-hybridized carbons (Fsp3) is 0.632. The second-order valence-corrected chi connectivity index (χ2v) is 6.03.